The topological polar surface area (TPSA) is 58.2 Å². The van der Waals surface area contributed by atoms with Crippen LogP contribution in [0.4, 0.5) is 10.1 Å². The first-order valence-corrected chi connectivity index (χ1v) is 11.8. The maximum Gasteiger partial charge on any atom is 0.254 e. The summed E-state index contributed by atoms with van der Waals surface area (Å²) in [6.45, 7) is 1.86. The molecule has 2 aromatic carbocycles. The van der Waals surface area contributed by atoms with Crippen LogP contribution in [-0.2, 0) is 9.59 Å². The lowest BCUT2D eigenvalue weighted by atomic mass is 9.72. The van der Waals surface area contributed by atoms with Crippen molar-refractivity contribution in [3.63, 3.8) is 0 Å². The van der Waals surface area contributed by atoms with E-state index in [0.717, 1.165) is 11.3 Å². The molecule has 1 aliphatic carbocycles. The van der Waals surface area contributed by atoms with Crippen LogP contribution >= 0.6 is 11.3 Å². The number of halogens is 1. The van der Waals surface area contributed by atoms with E-state index in [1.807, 2.05) is 48.7 Å². The first-order valence-electron chi connectivity index (χ1n) is 10.9. The van der Waals surface area contributed by atoms with Gasteiger partial charge in [-0.15, -0.1) is 11.3 Å². The van der Waals surface area contributed by atoms with Gasteiger partial charge in [-0.2, -0.15) is 0 Å². The van der Waals surface area contributed by atoms with Gasteiger partial charge in [-0.05, 0) is 54.6 Å². The number of hydrogen-bond acceptors (Lipinski definition) is 4. The zero-order valence-electron chi connectivity index (χ0n) is 18.1. The highest BCUT2D eigenvalue weighted by Gasteiger charge is 2.41. The molecule has 166 valence electrons. The Bertz CT molecular complexity index is 1260. The van der Waals surface area contributed by atoms with E-state index in [1.54, 1.807) is 23.5 Å². The molecule has 2 aliphatic rings. The number of ketones is 1. The molecule has 2 heterocycles. The molecule has 6 heteroatoms. The third-order valence-electron chi connectivity index (χ3n) is 6.25. The van der Waals surface area contributed by atoms with Gasteiger partial charge in [-0.1, -0.05) is 36.4 Å². The highest BCUT2D eigenvalue weighted by molar-refractivity contribution is 7.10. The van der Waals surface area contributed by atoms with Crippen molar-refractivity contribution in [2.45, 2.75) is 31.6 Å². The summed E-state index contributed by atoms with van der Waals surface area (Å²) in [6.07, 6.45) is 1.09. The van der Waals surface area contributed by atoms with Crippen LogP contribution in [0.25, 0.3) is 0 Å². The van der Waals surface area contributed by atoms with Crippen molar-refractivity contribution in [3.05, 3.63) is 111 Å². The summed E-state index contributed by atoms with van der Waals surface area (Å²) in [4.78, 5) is 28.1. The number of para-hydroxylation sites is 1. The van der Waals surface area contributed by atoms with E-state index in [4.69, 9.17) is 0 Å². The highest BCUT2D eigenvalue weighted by Crippen LogP contribution is 2.46. The molecule has 1 amide bonds. The fraction of sp³-hybridized carbons (Fsp3) is 0.185. The van der Waals surface area contributed by atoms with Crippen molar-refractivity contribution in [1.29, 1.82) is 0 Å². The zero-order valence-corrected chi connectivity index (χ0v) is 18.9. The standard InChI is InChI=1S/C27H23FN2O2S/c1-16-24(27(32)30-20-6-3-2-4-7-20)25(17-9-11-19(28)12-10-17)26-21(29-16)14-18(15-22(26)31)23-8-5-13-33-23/h2-13,18,25,29H,14-15H2,1H3,(H,30,32). The van der Waals surface area contributed by atoms with E-state index in [9.17, 15) is 14.0 Å². The largest absolute Gasteiger partial charge is 0.362 e. The number of dihydropyridines is 1. The molecule has 2 atom stereocenters. The van der Waals surface area contributed by atoms with Crippen LogP contribution < -0.4 is 10.6 Å². The average molecular weight is 459 g/mol. The number of Topliss-reactive ketones (excluding diaryl/α,β-unsaturated/α-hetero) is 1. The molecule has 1 aromatic heterocycles. The van der Waals surface area contributed by atoms with Crippen LogP contribution in [0.3, 0.4) is 0 Å². The van der Waals surface area contributed by atoms with Crippen LogP contribution in [-0.4, -0.2) is 11.7 Å². The van der Waals surface area contributed by atoms with Gasteiger partial charge >= 0.3 is 0 Å². The van der Waals surface area contributed by atoms with Crippen LogP contribution in [0.1, 0.15) is 42.0 Å². The second kappa shape index (κ2) is 8.79. The van der Waals surface area contributed by atoms with Crippen LogP contribution in [0.5, 0.6) is 0 Å². The van der Waals surface area contributed by atoms with E-state index < -0.39 is 5.92 Å². The first kappa shape index (κ1) is 21.3. The van der Waals surface area contributed by atoms with E-state index in [0.29, 0.717) is 35.4 Å². The second-order valence-corrected chi connectivity index (χ2v) is 9.38. The number of benzene rings is 2. The molecule has 0 saturated heterocycles. The fourth-order valence-corrected chi connectivity index (χ4v) is 5.60. The lowest BCUT2D eigenvalue weighted by Crippen LogP contribution is -2.37. The molecular weight excluding hydrogens is 435 g/mol. The maximum atomic E-state index is 13.7. The Kier molecular flexibility index (Phi) is 5.68. The lowest BCUT2D eigenvalue weighted by Gasteiger charge is -2.36. The van der Waals surface area contributed by atoms with Gasteiger partial charge in [0.05, 0.1) is 0 Å². The van der Waals surface area contributed by atoms with E-state index >= 15 is 0 Å². The van der Waals surface area contributed by atoms with E-state index in [1.165, 1.54) is 17.0 Å². The Morgan fingerprint density at radius 1 is 1.03 bits per heavy atom. The molecule has 2 unspecified atom stereocenters. The monoisotopic (exact) mass is 458 g/mol. The average Bonchev–Trinajstić information content (AvgIpc) is 3.34. The number of carbonyl (C=O) groups is 2. The van der Waals surface area contributed by atoms with Gasteiger partial charge in [-0.3, -0.25) is 9.59 Å². The number of amides is 1. The summed E-state index contributed by atoms with van der Waals surface area (Å²) >= 11 is 1.66. The van der Waals surface area contributed by atoms with Gasteiger partial charge in [0.25, 0.3) is 5.91 Å². The van der Waals surface area contributed by atoms with Gasteiger partial charge in [-0.25, -0.2) is 4.39 Å². The van der Waals surface area contributed by atoms with Crippen molar-refractivity contribution in [3.8, 4) is 0 Å². The minimum absolute atomic E-state index is 0.0222. The van der Waals surface area contributed by atoms with Gasteiger partial charge < -0.3 is 10.6 Å². The third kappa shape index (κ3) is 4.14. The zero-order chi connectivity index (χ0) is 22.9. The normalized spacial score (nSPS) is 20.4. The number of thiophene rings is 1. The summed E-state index contributed by atoms with van der Waals surface area (Å²) in [5.74, 6) is -1.05. The second-order valence-electron chi connectivity index (χ2n) is 8.40. The van der Waals surface area contributed by atoms with Crippen LogP contribution in [0.2, 0.25) is 0 Å². The molecule has 5 rings (SSSR count). The molecule has 0 bridgehead atoms. The van der Waals surface area contributed by atoms with Crippen molar-refractivity contribution >= 4 is 28.7 Å². The quantitative estimate of drug-likeness (QED) is 0.513. The van der Waals surface area contributed by atoms with Gasteiger partial charge in [0, 0.05) is 51.4 Å². The first-order chi connectivity index (χ1) is 16.0. The van der Waals surface area contributed by atoms with Gasteiger partial charge in [0.1, 0.15) is 5.82 Å². The van der Waals surface area contributed by atoms with Gasteiger partial charge in [0.2, 0.25) is 0 Å². The third-order valence-corrected chi connectivity index (χ3v) is 7.29. The molecule has 0 saturated carbocycles. The Morgan fingerprint density at radius 3 is 2.48 bits per heavy atom. The molecule has 33 heavy (non-hydrogen) atoms. The summed E-state index contributed by atoms with van der Waals surface area (Å²) in [7, 11) is 0. The summed E-state index contributed by atoms with van der Waals surface area (Å²) < 4.78 is 13.7. The van der Waals surface area contributed by atoms with Crippen LogP contribution in [0.15, 0.2) is 94.7 Å². The number of carbonyl (C=O) groups excluding carboxylic acids is 2. The number of rotatable bonds is 4. The molecule has 2 N–H and O–H groups in total. The molecule has 0 fully saturated rings. The predicted octanol–water partition coefficient (Wildman–Crippen LogP) is 5.89. The fourth-order valence-electron chi connectivity index (χ4n) is 4.77. The highest BCUT2D eigenvalue weighted by atomic mass is 32.1. The van der Waals surface area contributed by atoms with Crippen molar-refractivity contribution in [1.82, 2.24) is 5.32 Å². The minimum Gasteiger partial charge on any atom is -0.362 e. The van der Waals surface area contributed by atoms with Crippen molar-refractivity contribution in [2.75, 3.05) is 5.32 Å². The SMILES string of the molecule is CC1=C(C(=O)Nc2ccccc2)C(c2ccc(F)cc2)C2=C(CC(c3cccs3)CC2=O)N1. The van der Waals surface area contributed by atoms with Gasteiger partial charge in [0.15, 0.2) is 5.78 Å². The van der Waals surface area contributed by atoms with Crippen molar-refractivity contribution < 1.29 is 14.0 Å². The lowest BCUT2D eigenvalue weighted by molar-refractivity contribution is -0.116. The molecule has 4 nitrogen and oxygen atoms in total. The Labute approximate surface area is 195 Å². The summed E-state index contributed by atoms with van der Waals surface area (Å²) in [5.41, 5.74) is 4.05. The maximum absolute atomic E-state index is 13.7. The van der Waals surface area contributed by atoms with E-state index in [-0.39, 0.29) is 23.4 Å². The Hall–Kier alpha value is -3.51. The summed E-state index contributed by atoms with van der Waals surface area (Å²) in [5, 5.41) is 8.35. The molecule has 1 aliphatic heterocycles. The molecule has 0 radical (unpaired) electrons. The Balaban J connectivity index is 1.57. The minimum atomic E-state index is -0.553. The van der Waals surface area contributed by atoms with E-state index in [2.05, 4.69) is 16.7 Å². The van der Waals surface area contributed by atoms with Crippen LogP contribution in [0, 0.1) is 5.82 Å². The molecule has 3 aromatic rings. The summed E-state index contributed by atoms with van der Waals surface area (Å²) in [6, 6.07) is 19.4. The predicted molar refractivity (Wildman–Crippen MR) is 128 cm³/mol. The number of allylic oxidation sites excluding steroid dienone is 3. The molecular formula is C27H23FN2O2S. The number of anilines is 1. The van der Waals surface area contributed by atoms with Crippen molar-refractivity contribution in [2.24, 2.45) is 0 Å². The Morgan fingerprint density at radius 2 is 1.79 bits per heavy atom. The smallest absolute Gasteiger partial charge is 0.254 e. The number of nitrogens with one attached hydrogen (secondary N) is 2. The molecule has 0 spiro atoms. The number of hydrogen-bond donors (Lipinski definition) is 2.